The van der Waals surface area contributed by atoms with Gasteiger partial charge >= 0.3 is 0 Å². The molecule has 0 saturated carbocycles. The zero-order valence-corrected chi connectivity index (χ0v) is 12.9. The zero-order chi connectivity index (χ0) is 16.0. The van der Waals surface area contributed by atoms with Crippen LogP contribution in [0.5, 0.6) is 5.88 Å². The lowest BCUT2D eigenvalue weighted by Crippen LogP contribution is -2.17. The van der Waals surface area contributed by atoms with E-state index < -0.39 is 0 Å². The minimum atomic E-state index is -0.0826. The van der Waals surface area contributed by atoms with E-state index in [2.05, 4.69) is 15.6 Å². The molecule has 5 nitrogen and oxygen atoms in total. The fraction of sp³-hybridized carbons (Fsp3) is 0.111. The first kappa shape index (κ1) is 13.6. The number of aryl methyl sites for hydroxylation is 1. The average molecular weight is 305 g/mol. The van der Waals surface area contributed by atoms with Crippen molar-refractivity contribution in [3.05, 3.63) is 65.1 Å². The highest BCUT2D eigenvalue weighted by molar-refractivity contribution is 6.06. The highest BCUT2D eigenvalue weighted by atomic mass is 16.5. The van der Waals surface area contributed by atoms with E-state index >= 15 is 0 Å². The van der Waals surface area contributed by atoms with Crippen LogP contribution in [0.25, 0.3) is 27.6 Å². The number of hydrogen-bond acceptors (Lipinski definition) is 3. The number of nitrogens with zero attached hydrogens (tertiary/aromatic N) is 3. The smallest absolute Gasteiger partial charge is 0.255 e. The molecule has 114 valence electrons. The standard InChI is InChI=1S/C18H15N3O2/c1-20-14-6-4-3-5-13(14)18-15(20)8-10-17(22)21(18)12-7-9-16(23-2)19-11-12/h3-11H,1-2H3. The molecule has 23 heavy (non-hydrogen) atoms. The Bertz CT molecular complexity index is 1080. The number of methoxy groups -OCH3 is 1. The molecule has 0 atom stereocenters. The number of hydrogen-bond donors (Lipinski definition) is 0. The van der Waals surface area contributed by atoms with Crippen LogP contribution in [0.15, 0.2) is 59.5 Å². The SMILES string of the molecule is COc1ccc(-n2c(=O)ccc3c2c2ccccc2n3C)cn1. The lowest BCUT2D eigenvalue weighted by molar-refractivity contribution is 0.398. The summed E-state index contributed by atoms with van der Waals surface area (Å²) in [7, 11) is 3.57. The first-order chi connectivity index (χ1) is 11.2. The van der Waals surface area contributed by atoms with Crippen molar-refractivity contribution in [1.82, 2.24) is 14.1 Å². The van der Waals surface area contributed by atoms with E-state index in [1.54, 1.807) is 30.0 Å². The molecule has 0 aliphatic carbocycles. The van der Waals surface area contributed by atoms with Gasteiger partial charge in [-0.15, -0.1) is 0 Å². The second-order valence-corrected chi connectivity index (χ2v) is 5.38. The maximum absolute atomic E-state index is 12.5. The monoisotopic (exact) mass is 305 g/mol. The van der Waals surface area contributed by atoms with Gasteiger partial charge in [0, 0.05) is 24.6 Å². The van der Waals surface area contributed by atoms with Gasteiger partial charge in [-0.2, -0.15) is 0 Å². The second-order valence-electron chi connectivity index (χ2n) is 5.38. The molecule has 0 saturated heterocycles. The molecule has 0 aliphatic rings. The van der Waals surface area contributed by atoms with Crippen LogP contribution in [0.3, 0.4) is 0 Å². The van der Waals surface area contributed by atoms with E-state index in [1.807, 2.05) is 37.4 Å². The molecule has 0 aliphatic heterocycles. The van der Waals surface area contributed by atoms with Gasteiger partial charge in [0.2, 0.25) is 5.88 Å². The van der Waals surface area contributed by atoms with Gasteiger partial charge in [0.05, 0.1) is 35.5 Å². The van der Waals surface area contributed by atoms with Crippen LogP contribution in [-0.4, -0.2) is 21.2 Å². The summed E-state index contributed by atoms with van der Waals surface area (Å²) >= 11 is 0. The van der Waals surface area contributed by atoms with Gasteiger partial charge in [-0.1, -0.05) is 18.2 Å². The fourth-order valence-electron chi connectivity index (χ4n) is 3.04. The van der Waals surface area contributed by atoms with E-state index in [0.29, 0.717) is 5.88 Å². The summed E-state index contributed by atoms with van der Waals surface area (Å²) in [6, 6.07) is 15.1. The molecule has 1 aromatic carbocycles. The molecule has 0 amide bonds. The third kappa shape index (κ3) is 1.93. The summed E-state index contributed by atoms with van der Waals surface area (Å²) < 4.78 is 8.89. The molecule has 0 radical (unpaired) electrons. The first-order valence-electron chi connectivity index (χ1n) is 7.30. The predicted molar refractivity (Wildman–Crippen MR) is 90.4 cm³/mol. The third-order valence-corrected chi connectivity index (χ3v) is 4.14. The Morgan fingerprint density at radius 3 is 2.57 bits per heavy atom. The first-order valence-corrected chi connectivity index (χ1v) is 7.30. The molecule has 0 fully saturated rings. The van der Waals surface area contributed by atoms with Crippen molar-refractivity contribution in [3.63, 3.8) is 0 Å². The quantitative estimate of drug-likeness (QED) is 0.572. The van der Waals surface area contributed by atoms with Crippen LogP contribution in [-0.2, 0) is 7.05 Å². The number of pyridine rings is 2. The molecule has 0 N–H and O–H groups in total. The Balaban J connectivity index is 2.14. The largest absolute Gasteiger partial charge is 0.481 e. The molecule has 0 bridgehead atoms. The van der Waals surface area contributed by atoms with Crippen molar-refractivity contribution in [1.29, 1.82) is 0 Å². The van der Waals surface area contributed by atoms with E-state index in [9.17, 15) is 4.79 Å². The Morgan fingerprint density at radius 1 is 1.00 bits per heavy atom. The van der Waals surface area contributed by atoms with Crippen molar-refractivity contribution in [2.45, 2.75) is 0 Å². The number of fused-ring (bicyclic) bond motifs is 3. The number of benzene rings is 1. The van der Waals surface area contributed by atoms with Gasteiger partial charge in [-0.05, 0) is 18.2 Å². The van der Waals surface area contributed by atoms with Crippen LogP contribution in [0.2, 0.25) is 0 Å². The van der Waals surface area contributed by atoms with E-state index in [-0.39, 0.29) is 5.56 Å². The maximum atomic E-state index is 12.5. The van der Waals surface area contributed by atoms with Crippen molar-refractivity contribution in [2.75, 3.05) is 7.11 Å². The molecule has 5 heteroatoms. The van der Waals surface area contributed by atoms with Crippen LogP contribution in [0.1, 0.15) is 0 Å². The molecule has 0 unspecified atom stereocenters. The summed E-state index contributed by atoms with van der Waals surface area (Å²) in [5.74, 6) is 0.520. The Morgan fingerprint density at radius 2 is 1.83 bits per heavy atom. The Hall–Kier alpha value is -3.08. The molecule has 4 rings (SSSR count). The average Bonchev–Trinajstić information content (AvgIpc) is 2.88. The van der Waals surface area contributed by atoms with Crippen LogP contribution < -0.4 is 10.3 Å². The lowest BCUT2D eigenvalue weighted by atomic mass is 10.2. The van der Waals surface area contributed by atoms with Gasteiger partial charge in [-0.25, -0.2) is 4.98 Å². The molecule has 3 aromatic heterocycles. The van der Waals surface area contributed by atoms with Crippen molar-refractivity contribution in [3.8, 4) is 11.6 Å². The Labute approximate surface area is 132 Å². The molecular formula is C18H15N3O2. The molecular weight excluding hydrogens is 290 g/mol. The van der Waals surface area contributed by atoms with Gasteiger partial charge in [-0.3, -0.25) is 9.36 Å². The second kappa shape index (κ2) is 4.98. The van der Waals surface area contributed by atoms with Crippen LogP contribution >= 0.6 is 0 Å². The minimum Gasteiger partial charge on any atom is -0.481 e. The zero-order valence-electron chi connectivity index (χ0n) is 12.9. The van der Waals surface area contributed by atoms with Gasteiger partial charge in [0.1, 0.15) is 0 Å². The summed E-state index contributed by atoms with van der Waals surface area (Å²) in [6.45, 7) is 0. The third-order valence-electron chi connectivity index (χ3n) is 4.14. The van der Waals surface area contributed by atoms with Crippen LogP contribution in [0.4, 0.5) is 0 Å². The molecule has 0 spiro atoms. The fourth-order valence-corrected chi connectivity index (χ4v) is 3.04. The minimum absolute atomic E-state index is 0.0826. The number of para-hydroxylation sites is 1. The Kier molecular flexibility index (Phi) is 2.94. The topological polar surface area (TPSA) is 49.0 Å². The van der Waals surface area contributed by atoms with Crippen molar-refractivity contribution in [2.24, 2.45) is 7.05 Å². The van der Waals surface area contributed by atoms with Crippen molar-refractivity contribution < 1.29 is 4.74 Å². The highest BCUT2D eigenvalue weighted by Gasteiger charge is 2.14. The number of ether oxygens (including phenoxy) is 1. The maximum Gasteiger partial charge on any atom is 0.255 e. The van der Waals surface area contributed by atoms with Gasteiger partial charge in [0.15, 0.2) is 0 Å². The summed E-state index contributed by atoms with van der Waals surface area (Å²) in [5.41, 5.74) is 3.62. The molecule has 4 aromatic rings. The normalized spacial score (nSPS) is 11.2. The number of rotatable bonds is 2. The lowest BCUT2D eigenvalue weighted by Gasteiger charge is -2.08. The predicted octanol–water partition coefficient (Wildman–Crippen LogP) is 2.89. The van der Waals surface area contributed by atoms with Gasteiger partial charge in [0.25, 0.3) is 5.56 Å². The van der Waals surface area contributed by atoms with E-state index in [0.717, 1.165) is 27.6 Å². The van der Waals surface area contributed by atoms with Gasteiger partial charge < -0.3 is 9.30 Å². The summed E-state index contributed by atoms with van der Waals surface area (Å²) in [5, 5.41) is 1.04. The highest BCUT2D eigenvalue weighted by Crippen LogP contribution is 2.28. The van der Waals surface area contributed by atoms with E-state index in [1.165, 1.54) is 0 Å². The van der Waals surface area contributed by atoms with Crippen molar-refractivity contribution >= 4 is 21.9 Å². The molecule has 3 heterocycles. The summed E-state index contributed by atoms with van der Waals surface area (Å²) in [6.07, 6.45) is 1.65. The van der Waals surface area contributed by atoms with E-state index in [4.69, 9.17) is 4.74 Å². The van der Waals surface area contributed by atoms with Crippen LogP contribution in [0, 0.1) is 0 Å². The number of aromatic nitrogens is 3. The summed E-state index contributed by atoms with van der Waals surface area (Å²) in [4.78, 5) is 16.8.